The van der Waals surface area contributed by atoms with Crippen molar-refractivity contribution in [2.75, 3.05) is 20.2 Å². The average molecular weight is 367 g/mol. The molecule has 0 unspecified atom stereocenters. The Morgan fingerprint density at radius 3 is 2.92 bits per heavy atom. The molecule has 6 nitrogen and oxygen atoms in total. The number of hydrogen-bond acceptors (Lipinski definition) is 6. The summed E-state index contributed by atoms with van der Waals surface area (Å²) >= 11 is 1.60. The Bertz CT molecular complexity index is 927. The maximum atomic E-state index is 12.2. The number of amides is 1. The number of methoxy groups -OCH3 is 1. The zero-order chi connectivity index (χ0) is 17.9. The average Bonchev–Trinajstić information content (AvgIpc) is 3.31. The fraction of sp³-hybridized carbons (Fsp3) is 0.211. The molecule has 0 atom stereocenters. The first kappa shape index (κ1) is 16.5. The van der Waals surface area contributed by atoms with Crippen molar-refractivity contribution in [1.29, 1.82) is 0 Å². The van der Waals surface area contributed by atoms with E-state index >= 15 is 0 Å². The summed E-state index contributed by atoms with van der Waals surface area (Å²) < 4.78 is 10.7. The zero-order valence-corrected chi connectivity index (χ0v) is 15.0. The lowest BCUT2D eigenvalue weighted by Crippen LogP contribution is -2.47. The molecule has 7 heteroatoms. The predicted octanol–water partition coefficient (Wildman–Crippen LogP) is 3.45. The van der Waals surface area contributed by atoms with E-state index in [2.05, 4.69) is 10.1 Å². The van der Waals surface area contributed by atoms with Gasteiger partial charge in [0.25, 0.3) is 0 Å². The van der Waals surface area contributed by atoms with Gasteiger partial charge in [-0.1, -0.05) is 23.4 Å². The molecule has 0 saturated carbocycles. The van der Waals surface area contributed by atoms with E-state index in [0.717, 1.165) is 10.4 Å². The van der Waals surface area contributed by atoms with Crippen LogP contribution in [0.1, 0.15) is 16.7 Å². The van der Waals surface area contributed by atoms with Crippen molar-refractivity contribution in [3.63, 3.8) is 0 Å². The lowest BCUT2D eigenvalue weighted by molar-refractivity contribution is -0.130. The van der Waals surface area contributed by atoms with Gasteiger partial charge in [0.1, 0.15) is 5.75 Å². The number of rotatable bonds is 5. The van der Waals surface area contributed by atoms with Crippen molar-refractivity contribution < 1.29 is 14.1 Å². The van der Waals surface area contributed by atoms with Gasteiger partial charge in [-0.15, -0.1) is 11.3 Å². The van der Waals surface area contributed by atoms with E-state index in [1.54, 1.807) is 29.4 Å². The van der Waals surface area contributed by atoms with Crippen LogP contribution in [0.25, 0.3) is 17.5 Å². The van der Waals surface area contributed by atoms with Crippen LogP contribution in [-0.2, 0) is 4.79 Å². The number of aromatic nitrogens is 2. The second-order valence-electron chi connectivity index (χ2n) is 5.95. The maximum Gasteiger partial charge on any atom is 0.246 e. The Labute approximate surface area is 154 Å². The summed E-state index contributed by atoms with van der Waals surface area (Å²) in [6.45, 7) is 1.17. The zero-order valence-electron chi connectivity index (χ0n) is 14.2. The quantitative estimate of drug-likeness (QED) is 0.646. The molecule has 0 bridgehead atoms. The second kappa shape index (κ2) is 7.13. The van der Waals surface area contributed by atoms with E-state index in [4.69, 9.17) is 9.26 Å². The van der Waals surface area contributed by atoms with Gasteiger partial charge in [-0.2, -0.15) is 4.98 Å². The largest absolute Gasteiger partial charge is 0.496 e. The third-order valence-corrected chi connectivity index (χ3v) is 5.10. The predicted molar refractivity (Wildman–Crippen MR) is 99.0 cm³/mol. The van der Waals surface area contributed by atoms with Crippen LogP contribution in [0.15, 0.2) is 52.4 Å². The lowest BCUT2D eigenvalue weighted by atomic mass is 10.00. The number of nitrogens with zero attached hydrogens (tertiary/aromatic N) is 3. The number of benzene rings is 1. The van der Waals surface area contributed by atoms with Crippen molar-refractivity contribution in [1.82, 2.24) is 15.0 Å². The minimum Gasteiger partial charge on any atom is -0.496 e. The molecule has 1 aromatic carbocycles. The van der Waals surface area contributed by atoms with Crippen LogP contribution in [0, 0.1) is 0 Å². The van der Waals surface area contributed by atoms with Crippen molar-refractivity contribution in [2.24, 2.45) is 0 Å². The third kappa shape index (κ3) is 3.25. The smallest absolute Gasteiger partial charge is 0.246 e. The molecule has 0 radical (unpaired) electrons. The van der Waals surface area contributed by atoms with E-state index < -0.39 is 0 Å². The van der Waals surface area contributed by atoms with Gasteiger partial charge in [0, 0.05) is 24.0 Å². The highest BCUT2D eigenvalue weighted by atomic mass is 32.1. The Morgan fingerprint density at radius 2 is 2.15 bits per heavy atom. The van der Waals surface area contributed by atoms with Crippen molar-refractivity contribution in [2.45, 2.75) is 5.92 Å². The molecule has 1 fully saturated rings. The number of ether oxygens (including phenoxy) is 1. The molecule has 4 rings (SSSR count). The summed E-state index contributed by atoms with van der Waals surface area (Å²) in [5, 5.41) is 6.04. The van der Waals surface area contributed by atoms with E-state index in [1.165, 1.54) is 0 Å². The molecule has 0 N–H and O–H groups in total. The molecular formula is C19H17N3O3S. The van der Waals surface area contributed by atoms with Gasteiger partial charge < -0.3 is 14.2 Å². The van der Waals surface area contributed by atoms with Gasteiger partial charge >= 0.3 is 0 Å². The van der Waals surface area contributed by atoms with Crippen LogP contribution in [0.4, 0.5) is 0 Å². The Hall–Kier alpha value is -2.93. The summed E-state index contributed by atoms with van der Waals surface area (Å²) in [7, 11) is 1.61. The second-order valence-corrected chi connectivity index (χ2v) is 6.92. The SMILES string of the molecule is COc1ccccc1-c1noc(C2CN(C(=O)/C=C/c3cccs3)C2)n1. The van der Waals surface area contributed by atoms with Crippen LogP contribution in [0.3, 0.4) is 0 Å². The number of carbonyl (C=O) groups is 1. The number of thiophene rings is 1. The van der Waals surface area contributed by atoms with Crippen LogP contribution < -0.4 is 4.74 Å². The molecular weight excluding hydrogens is 350 g/mol. The molecule has 1 amide bonds. The minimum atomic E-state index is -0.000817. The van der Waals surface area contributed by atoms with E-state index in [-0.39, 0.29) is 11.8 Å². The summed E-state index contributed by atoms with van der Waals surface area (Å²) in [5.41, 5.74) is 0.788. The molecule has 2 aromatic heterocycles. The third-order valence-electron chi connectivity index (χ3n) is 4.27. The van der Waals surface area contributed by atoms with Crippen LogP contribution in [0.5, 0.6) is 5.75 Å². The maximum absolute atomic E-state index is 12.2. The molecule has 1 saturated heterocycles. The Kier molecular flexibility index (Phi) is 4.53. The molecule has 0 aliphatic carbocycles. The first-order valence-corrected chi connectivity index (χ1v) is 9.10. The van der Waals surface area contributed by atoms with E-state index in [9.17, 15) is 4.79 Å². The van der Waals surface area contributed by atoms with Gasteiger partial charge in [-0.25, -0.2) is 0 Å². The first-order valence-electron chi connectivity index (χ1n) is 8.22. The monoisotopic (exact) mass is 367 g/mol. The molecule has 1 aliphatic rings. The number of likely N-dealkylation sites (tertiary alicyclic amines) is 1. The molecule has 132 valence electrons. The highest BCUT2D eigenvalue weighted by Gasteiger charge is 2.35. The normalized spacial score (nSPS) is 14.6. The lowest BCUT2D eigenvalue weighted by Gasteiger charge is -2.36. The van der Waals surface area contributed by atoms with Gasteiger partial charge in [-0.3, -0.25) is 4.79 Å². The van der Waals surface area contributed by atoms with Crippen molar-refractivity contribution >= 4 is 23.3 Å². The van der Waals surface area contributed by atoms with Gasteiger partial charge in [0.2, 0.25) is 17.6 Å². The van der Waals surface area contributed by atoms with Crippen LogP contribution >= 0.6 is 11.3 Å². The molecule has 1 aliphatic heterocycles. The number of para-hydroxylation sites is 1. The van der Waals surface area contributed by atoms with Crippen LogP contribution in [0.2, 0.25) is 0 Å². The number of hydrogen-bond donors (Lipinski definition) is 0. The van der Waals surface area contributed by atoms with Crippen molar-refractivity contribution in [3.8, 4) is 17.1 Å². The van der Waals surface area contributed by atoms with E-state index in [1.807, 2.05) is 47.9 Å². The Balaban J connectivity index is 1.39. The molecule has 3 aromatic rings. The van der Waals surface area contributed by atoms with Gasteiger partial charge in [-0.05, 0) is 29.7 Å². The fourth-order valence-electron chi connectivity index (χ4n) is 2.80. The van der Waals surface area contributed by atoms with Crippen LogP contribution in [-0.4, -0.2) is 41.1 Å². The standard InChI is InChI=1S/C19H17N3O3S/c1-24-16-7-3-2-6-15(16)18-20-19(25-21-18)13-11-22(12-13)17(23)9-8-14-5-4-10-26-14/h2-10,13H,11-12H2,1H3/b9-8+. The summed E-state index contributed by atoms with van der Waals surface area (Å²) in [6, 6.07) is 11.5. The molecule has 0 spiro atoms. The Morgan fingerprint density at radius 1 is 1.31 bits per heavy atom. The summed E-state index contributed by atoms with van der Waals surface area (Å²) in [5.74, 6) is 1.82. The summed E-state index contributed by atoms with van der Waals surface area (Å²) in [6.07, 6.45) is 3.45. The van der Waals surface area contributed by atoms with Gasteiger partial charge in [0.15, 0.2) is 0 Å². The highest BCUT2D eigenvalue weighted by molar-refractivity contribution is 7.10. The fourth-order valence-corrected chi connectivity index (χ4v) is 3.42. The summed E-state index contributed by atoms with van der Waals surface area (Å²) in [4.78, 5) is 19.5. The van der Waals surface area contributed by atoms with Crippen molar-refractivity contribution in [3.05, 3.63) is 58.6 Å². The van der Waals surface area contributed by atoms with E-state index in [0.29, 0.717) is 30.6 Å². The first-order chi connectivity index (χ1) is 12.7. The molecule has 3 heterocycles. The molecule has 26 heavy (non-hydrogen) atoms. The van der Waals surface area contributed by atoms with Gasteiger partial charge in [0.05, 0.1) is 18.6 Å². The number of carbonyl (C=O) groups excluding carboxylic acids is 1. The highest BCUT2D eigenvalue weighted by Crippen LogP contribution is 2.31. The minimum absolute atomic E-state index is 0.000817. The topological polar surface area (TPSA) is 68.5 Å².